The lowest BCUT2D eigenvalue weighted by Crippen LogP contribution is -2.29. The van der Waals surface area contributed by atoms with Gasteiger partial charge in [-0.05, 0) is 50.1 Å². The van der Waals surface area contributed by atoms with Crippen LogP contribution in [0.15, 0.2) is 47.6 Å². The van der Waals surface area contributed by atoms with Gasteiger partial charge >= 0.3 is 0 Å². The van der Waals surface area contributed by atoms with E-state index in [0.29, 0.717) is 5.69 Å². The Hall–Kier alpha value is -2.24. The summed E-state index contributed by atoms with van der Waals surface area (Å²) in [5.41, 5.74) is 0.504. The van der Waals surface area contributed by atoms with Crippen molar-refractivity contribution in [3.63, 3.8) is 0 Å². The van der Waals surface area contributed by atoms with Gasteiger partial charge in [0.25, 0.3) is 10.0 Å². The molecule has 2 N–H and O–H groups in total. The van der Waals surface area contributed by atoms with E-state index in [1.165, 1.54) is 48.4 Å². The highest BCUT2D eigenvalue weighted by molar-refractivity contribution is 8.23. The van der Waals surface area contributed by atoms with Gasteiger partial charge in [-0.3, -0.25) is 4.79 Å². The summed E-state index contributed by atoms with van der Waals surface area (Å²) in [7, 11) is -3.81. The molecule has 2 aromatic rings. The average molecular weight is 452 g/mol. The summed E-state index contributed by atoms with van der Waals surface area (Å²) in [5, 5.41) is 2.43. The average Bonchev–Trinajstić information content (AvgIpc) is 3.24. The standard InChI is InChI=1S/C18H21N5O3S3/c1-13(28-18(27)23-11-2-3-12-23)16(24)21-14-5-7-15(8-6-14)29(25,26)22-17-19-9-4-10-20-17/h4-10,13H,2-3,11-12H2,1H3,(H,21,24)(H,19,20,22). The lowest BCUT2D eigenvalue weighted by Gasteiger charge is -2.20. The first kappa shape index (κ1) is 21.5. The van der Waals surface area contributed by atoms with Crippen molar-refractivity contribution in [2.75, 3.05) is 23.1 Å². The molecule has 0 saturated carbocycles. The largest absolute Gasteiger partial charge is 0.358 e. The number of aromatic nitrogens is 2. The Labute approximate surface area is 179 Å². The number of carbonyl (C=O) groups excluding carboxylic acids is 1. The lowest BCUT2D eigenvalue weighted by atomic mass is 10.3. The van der Waals surface area contributed by atoms with Crippen molar-refractivity contribution in [3.8, 4) is 0 Å². The number of sulfonamides is 1. The Kier molecular flexibility index (Phi) is 7.04. The molecule has 0 aliphatic carbocycles. The number of likely N-dealkylation sites (tertiary alicyclic amines) is 1. The van der Waals surface area contributed by atoms with E-state index >= 15 is 0 Å². The summed E-state index contributed by atoms with van der Waals surface area (Å²) in [6.45, 7) is 3.68. The summed E-state index contributed by atoms with van der Waals surface area (Å²) >= 11 is 6.77. The molecule has 1 amide bonds. The van der Waals surface area contributed by atoms with Gasteiger partial charge in [0.05, 0.1) is 10.1 Å². The molecule has 0 bridgehead atoms. The second-order valence-electron chi connectivity index (χ2n) is 6.41. The number of benzene rings is 1. The van der Waals surface area contributed by atoms with Crippen LogP contribution in [-0.2, 0) is 14.8 Å². The number of rotatable bonds is 6. The Balaban J connectivity index is 1.58. The zero-order valence-electron chi connectivity index (χ0n) is 15.7. The molecule has 29 heavy (non-hydrogen) atoms. The minimum atomic E-state index is -3.81. The number of nitrogens with one attached hydrogen (secondary N) is 2. The fraction of sp³-hybridized carbons (Fsp3) is 0.333. The van der Waals surface area contributed by atoms with E-state index in [9.17, 15) is 13.2 Å². The van der Waals surface area contributed by atoms with Crippen molar-refractivity contribution < 1.29 is 13.2 Å². The van der Waals surface area contributed by atoms with Crippen LogP contribution in [0.2, 0.25) is 0 Å². The van der Waals surface area contributed by atoms with Crippen LogP contribution < -0.4 is 10.0 Å². The molecule has 11 heteroatoms. The van der Waals surface area contributed by atoms with Gasteiger partial charge in [0.2, 0.25) is 11.9 Å². The molecule has 1 atom stereocenters. The molecular weight excluding hydrogens is 430 g/mol. The van der Waals surface area contributed by atoms with Gasteiger partial charge in [-0.15, -0.1) is 0 Å². The molecule has 1 fully saturated rings. The molecule has 1 aliphatic rings. The topological polar surface area (TPSA) is 104 Å². The van der Waals surface area contributed by atoms with Gasteiger partial charge in [-0.1, -0.05) is 24.0 Å². The molecule has 1 aliphatic heterocycles. The third-order valence-electron chi connectivity index (χ3n) is 4.23. The van der Waals surface area contributed by atoms with Gasteiger partial charge < -0.3 is 10.2 Å². The van der Waals surface area contributed by atoms with Crippen LogP contribution in [0.3, 0.4) is 0 Å². The highest BCUT2D eigenvalue weighted by atomic mass is 32.2. The number of thioether (sulfide) groups is 1. The molecule has 1 aromatic carbocycles. The van der Waals surface area contributed by atoms with E-state index in [2.05, 4.69) is 24.9 Å². The van der Waals surface area contributed by atoms with Gasteiger partial charge in [-0.25, -0.2) is 23.1 Å². The summed E-state index contributed by atoms with van der Waals surface area (Å²) in [4.78, 5) is 22.3. The number of hydrogen-bond donors (Lipinski definition) is 2. The highest BCUT2D eigenvalue weighted by Crippen LogP contribution is 2.22. The molecule has 3 rings (SSSR count). The minimum Gasteiger partial charge on any atom is -0.358 e. The summed E-state index contributed by atoms with van der Waals surface area (Å²) < 4.78 is 27.8. The molecular formula is C18H21N5O3S3. The van der Waals surface area contributed by atoms with Crippen LogP contribution in [0.1, 0.15) is 19.8 Å². The van der Waals surface area contributed by atoms with Gasteiger partial charge in [0.1, 0.15) is 4.32 Å². The van der Waals surface area contributed by atoms with E-state index in [4.69, 9.17) is 12.2 Å². The van der Waals surface area contributed by atoms with Crippen molar-refractivity contribution in [1.29, 1.82) is 0 Å². The first-order chi connectivity index (χ1) is 13.8. The highest BCUT2D eigenvalue weighted by Gasteiger charge is 2.22. The maximum atomic E-state index is 12.4. The third kappa shape index (κ3) is 5.87. The summed E-state index contributed by atoms with van der Waals surface area (Å²) in [6, 6.07) is 7.48. The number of hydrogen-bond acceptors (Lipinski definition) is 7. The van der Waals surface area contributed by atoms with Crippen LogP contribution in [0, 0.1) is 0 Å². The van der Waals surface area contributed by atoms with Gasteiger partial charge in [-0.2, -0.15) is 0 Å². The van der Waals surface area contributed by atoms with Crippen LogP contribution >= 0.6 is 24.0 Å². The minimum absolute atomic E-state index is 0.00954. The van der Waals surface area contributed by atoms with E-state index in [1.54, 1.807) is 13.0 Å². The van der Waals surface area contributed by atoms with Gasteiger partial charge in [0.15, 0.2) is 0 Å². The third-order valence-corrected chi connectivity index (χ3v) is 7.15. The predicted octanol–water partition coefficient (Wildman–Crippen LogP) is 2.72. The Morgan fingerprint density at radius 2 is 1.79 bits per heavy atom. The molecule has 2 heterocycles. The second kappa shape index (κ2) is 9.51. The van der Waals surface area contributed by atoms with Crippen LogP contribution in [0.4, 0.5) is 11.6 Å². The van der Waals surface area contributed by atoms with Crippen molar-refractivity contribution in [2.45, 2.75) is 29.9 Å². The number of nitrogens with zero attached hydrogens (tertiary/aromatic N) is 3. The van der Waals surface area contributed by atoms with Crippen molar-refractivity contribution in [3.05, 3.63) is 42.7 Å². The first-order valence-electron chi connectivity index (χ1n) is 9.01. The number of thiocarbonyl (C=S) groups is 1. The predicted molar refractivity (Wildman–Crippen MR) is 118 cm³/mol. The van der Waals surface area contributed by atoms with E-state index in [0.717, 1.165) is 30.3 Å². The van der Waals surface area contributed by atoms with Crippen LogP contribution in [0.5, 0.6) is 0 Å². The normalized spacial score (nSPS) is 15.0. The quantitative estimate of drug-likeness (QED) is 0.646. The molecule has 1 saturated heterocycles. The number of carbonyl (C=O) groups is 1. The first-order valence-corrected chi connectivity index (χ1v) is 11.8. The van der Waals surface area contributed by atoms with Crippen molar-refractivity contribution >= 4 is 55.9 Å². The van der Waals surface area contributed by atoms with Crippen molar-refractivity contribution in [2.24, 2.45) is 0 Å². The van der Waals surface area contributed by atoms with E-state index in [-0.39, 0.29) is 22.0 Å². The molecule has 1 aromatic heterocycles. The molecule has 0 radical (unpaired) electrons. The number of amides is 1. The zero-order chi connectivity index (χ0) is 20.9. The van der Waals surface area contributed by atoms with E-state index in [1.807, 2.05) is 0 Å². The Bertz CT molecular complexity index is 962. The molecule has 1 unspecified atom stereocenters. The van der Waals surface area contributed by atoms with Crippen LogP contribution in [0.25, 0.3) is 0 Å². The summed E-state index contributed by atoms with van der Waals surface area (Å²) in [6.07, 6.45) is 5.14. The fourth-order valence-electron chi connectivity index (χ4n) is 2.67. The van der Waals surface area contributed by atoms with E-state index < -0.39 is 10.0 Å². The Morgan fingerprint density at radius 1 is 1.17 bits per heavy atom. The lowest BCUT2D eigenvalue weighted by molar-refractivity contribution is -0.115. The maximum Gasteiger partial charge on any atom is 0.264 e. The SMILES string of the molecule is CC(SC(=S)N1CCCC1)C(=O)Nc1ccc(S(=O)(=O)Nc2ncccn2)cc1. The van der Waals surface area contributed by atoms with Crippen molar-refractivity contribution in [1.82, 2.24) is 14.9 Å². The monoisotopic (exact) mass is 451 g/mol. The second-order valence-corrected chi connectivity index (χ2v) is 10.1. The number of anilines is 2. The van der Waals surface area contributed by atoms with Gasteiger partial charge in [0, 0.05) is 31.2 Å². The maximum absolute atomic E-state index is 12.4. The smallest absolute Gasteiger partial charge is 0.264 e. The Morgan fingerprint density at radius 3 is 2.41 bits per heavy atom. The molecule has 8 nitrogen and oxygen atoms in total. The molecule has 154 valence electrons. The fourth-order valence-corrected chi connectivity index (χ4v) is 5.04. The molecule has 0 spiro atoms. The van der Waals surface area contributed by atoms with Crippen LogP contribution in [-0.4, -0.2) is 51.9 Å². The zero-order valence-corrected chi connectivity index (χ0v) is 18.2. The summed E-state index contributed by atoms with van der Waals surface area (Å²) in [5.74, 6) is -0.201.